The van der Waals surface area contributed by atoms with Crippen molar-refractivity contribution in [3.63, 3.8) is 0 Å². The van der Waals surface area contributed by atoms with Crippen molar-refractivity contribution in [2.24, 2.45) is 5.92 Å². The first-order chi connectivity index (χ1) is 9.04. The lowest BCUT2D eigenvalue weighted by atomic mass is 9.94. The molecular weight excluding hydrogens is 262 g/mol. The molecule has 0 aliphatic carbocycles. The molecule has 0 spiro atoms. The minimum Gasteiger partial charge on any atom is -0.384 e. The van der Waals surface area contributed by atoms with E-state index in [-0.39, 0.29) is 10.7 Å². The summed E-state index contributed by atoms with van der Waals surface area (Å²) in [7, 11) is -3.41. The zero-order valence-corrected chi connectivity index (χ0v) is 12.1. The van der Waals surface area contributed by atoms with Gasteiger partial charge >= 0.3 is 0 Å². The minimum absolute atomic E-state index is 0.238. The van der Waals surface area contributed by atoms with Crippen LogP contribution in [0.15, 0.2) is 23.2 Å². The van der Waals surface area contributed by atoms with Gasteiger partial charge in [-0.3, -0.25) is 0 Å². The summed E-state index contributed by atoms with van der Waals surface area (Å²) < 4.78 is 26.5. The molecular formula is C13H21N3O2S. The summed E-state index contributed by atoms with van der Waals surface area (Å²) in [6, 6.07) is 2.93. The Labute approximate surface area is 114 Å². The monoisotopic (exact) mass is 283 g/mol. The molecule has 0 unspecified atom stereocenters. The first-order valence-corrected chi connectivity index (χ1v) is 8.19. The van der Waals surface area contributed by atoms with Gasteiger partial charge in [-0.1, -0.05) is 19.8 Å². The van der Waals surface area contributed by atoms with Crippen molar-refractivity contribution in [1.29, 1.82) is 0 Å². The van der Waals surface area contributed by atoms with Gasteiger partial charge in [0.15, 0.2) is 0 Å². The Kier molecular flexibility index (Phi) is 4.42. The number of nitrogen functional groups attached to an aromatic ring is 1. The van der Waals surface area contributed by atoms with Crippen LogP contribution in [0.2, 0.25) is 0 Å². The van der Waals surface area contributed by atoms with Crippen LogP contribution in [0.25, 0.3) is 0 Å². The zero-order valence-electron chi connectivity index (χ0n) is 11.2. The number of pyridine rings is 1. The van der Waals surface area contributed by atoms with Crippen molar-refractivity contribution < 1.29 is 8.42 Å². The summed E-state index contributed by atoms with van der Waals surface area (Å²) >= 11 is 0. The Bertz CT molecular complexity index is 522. The van der Waals surface area contributed by atoms with E-state index in [1.807, 2.05) is 0 Å². The third-order valence-electron chi connectivity index (χ3n) is 3.66. The fraction of sp³-hybridized carbons (Fsp3) is 0.615. The second kappa shape index (κ2) is 5.88. The molecule has 6 heteroatoms. The maximum atomic E-state index is 12.4. The van der Waals surface area contributed by atoms with E-state index in [2.05, 4.69) is 11.9 Å². The molecule has 0 atom stereocenters. The second-order valence-corrected chi connectivity index (χ2v) is 6.99. The summed E-state index contributed by atoms with van der Waals surface area (Å²) in [5, 5.41) is 0. The third kappa shape index (κ3) is 3.25. The zero-order chi connectivity index (χ0) is 13.9. The molecule has 2 rings (SSSR count). The SMILES string of the molecule is CCCC1CCN(S(=O)(=O)c2ccnc(N)c2)CC1. The van der Waals surface area contributed by atoms with Gasteiger partial charge < -0.3 is 5.73 Å². The number of hydrogen-bond acceptors (Lipinski definition) is 4. The van der Waals surface area contributed by atoms with Crippen LogP contribution in [0.1, 0.15) is 32.6 Å². The van der Waals surface area contributed by atoms with E-state index < -0.39 is 10.0 Å². The first kappa shape index (κ1) is 14.3. The molecule has 0 radical (unpaired) electrons. The number of anilines is 1. The summed E-state index contributed by atoms with van der Waals surface area (Å²) in [6.45, 7) is 3.38. The largest absolute Gasteiger partial charge is 0.384 e. The Morgan fingerprint density at radius 2 is 2.11 bits per heavy atom. The van der Waals surface area contributed by atoms with Crippen LogP contribution >= 0.6 is 0 Å². The Morgan fingerprint density at radius 3 is 2.68 bits per heavy atom. The van der Waals surface area contributed by atoms with Gasteiger partial charge in [0.1, 0.15) is 5.82 Å². The number of aromatic nitrogens is 1. The Morgan fingerprint density at radius 1 is 1.42 bits per heavy atom. The van der Waals surface area contributed by atoms with Crippen LogP contribution in [0, 0.1) is 5.92 Å². The molecule has 0 aromatic carbocycles. The molecule has 5 nitrogen and oxygen atoms in total. The molecule has 0 saturated carbocycles. The summed E-state index contributed by atoms with van der Waals surface area (Å²) in [6.07, 6.45) is 5.70. The fourth-order valence-corrected chi connectivity index (χ4v) is 4.08. The maximum Gasteiger partial charge on any atom is 0.243 e. The molecule has 0 amide bonds. The van der Waals surface area contributed by atoms with Crippen LogP contribution in [-0.4, -0.2) is 30.8 Å². The van der Waals surface area contributed by atoms with E-state index in [1.165, 1.54) is 24.8 Å². The highest BCUT2D eigenvalue weighted by Crippen LogP contribution is 2.26. The quantitative estimate of drug-likeness (QED) is 0.915. The molecule has 106 valence electrons. The van der Waals surface area contributed by atoms with Gasteiger partial charge in [0.25, 0.3) is 0 Å². The van der Waals surface area contributed by atoms with Gasteiger partial charge in [-0.15, -0.1) is 0 Å². The van der Waals surface area contributed by atoms with Crippen LogP contribution in [0.5, 0.6) is 0 Å². The lowest BCUT2D eigenvalue weighted by Crippen LogP contribution is -2.38. The lowest BCUT2D eigenvalue weighted by molar-refractivity contribution is 0.262. The Hall–Kier alpha value is -1.14. The highest BCUT2D eigenvalue weighted by Gasteiger charge is 2.29. The van der Waals surface area contributed by atoms with Crippen molar-refractivity contribution in [1.82, 2.24) is 9.29 Å². The molecule has 1 aromatic rings. The molecule has 2 N–H and O–H groups in total. The predicted molar refractivity (Wildman–Crippen MR) is 75.0 cm³/mol. The molecule has 1 aliphatic heterocycles. The van der Waals surface area contributed by atoms with E-state index in [1.54, 1.807) is 4.31 Å². The molecule has 1 fully saturated rings. The maximum absolute atomic E-state index is 12.4. The topological polar surface area (TPSA) is 76.3 Å². The Balaban J connectivity index is 2.10. The number of nitrogens with zero attached hydrogens (tertiary/aromatic N) is 2. The number of rotatable bonds is 4. The van der Waals surface area contributed by atoms with E-state index in [4.69, 9.17) is 5.73 Å². The normalized spacial score (nSPS) is 18.6. The molecule has 1 aliphatic rings. The van der Waals surface area contributed by atoms with Crippen LogP contribution in [0.3, 0.4) is 0 Å². The van der Waals surface area contributed by atoms with Crippen LogP contribution < -0.4 is 5.73 Å². The summed E-state index contributed by atoms with van der Waals surface area (Å²) in [4.78, 5) is 4.07. The molecule has 1 saturated heterocycles. The summed E-state index contributed by atoms with van der Waals surface area (Å²) in [5.74, 6) is 0.904. The van der Waals surface area contributed by atoms with E-state index >= 15 is 0 Å². The average molecular weight is 283 g/mol. The van der Waals surface area contributed by atoms with Crippen molar-refractivity contribution >= 4 is 15.8 Å². The highest BCUT2D eigenvalue weighted by molar-refractivity contribution is 7.89. The minimum atomic E-state index is -3.41. The van der Waals surface area contributed by atoms with E-state index in [0.29, 0.717) is 19.0 Å². The fourth-order valence-electron chi connectivity index (χ4n) is 2.58. The summed E-state index contributed by atoms with van der Waals surface area (Å²) in [5.41, 5.74) is 5.55. The average Bonchev–Trinajstić information content (AvgIpc) is 2.40. The predicted octanol–water partition coefficient (Wildman–Crippen LogP) is 1.86. The van der Waals surface area contributed by atoms with E-state index in [9.17, 15) is 8.42 Å². The van der Waals surface area contributed by atoms with Gasteiger partial charge in [0.05, 0.1) is 4.90 Å². The number of nitrogens with two attached hydrogens (primary N) is 1. The number of piperidine rings is 1. The van der Waals surface area contributed by atoms with Crippen molar-refractivity contribution in [3.05, 3.63) is 18.3 Å². The number of hydrogen-bond donors (Lipinski definition) is 1. The molecule has 1 aromatic heterocycles. The highest BCUT2D eigenvalue weighted by atomic mass is 32.2. The smallest absolute Gasteiger partial charge is 0.243 e. The molecule has 0 bridgehead atoms. The van der Waals surface area contributed by atoms with Gasteiger partial charge in [-0.2, -0.15) is 4.31 Å². The van der Waals surface area contributed by atoms with Crippen molar-refractivity contribution in [2.45, 2.75) is 37.5 Å². The van der Waals surface area contributed by atoms with Crippen molar-refractivity contribution in [3.8, 4) is 0 Å². The van der Waals surface area contributed by atoms with Gasteiger partial charge in [0.2, 0.25) is 10.0 Å². The van der Waals surface area contributed by atoms with Crippen molar-refractivity contribution in [2.75, 3.05) is 18.8 Å². The van der Waals surface area contributed by atoms with Crippen LogP contribution in [-0.2, 0) is 10.0 Å². The second-order valence-electron chi connectivity index (χ2n) is 5.05. The number of sulfonamides is 1. The lowest BCUT2D eigenvalue weighted by Gasteiger charge is -2.31. The van der Waals surface area contributed by atoms with E-state index in [0.717, 1.165) is 19.3 Å². The molecule has 2 heterocycles. The first-order valence-electron chi connectivity index (χ1n) is 6.75. The third-order valence-corrected chi connectivity index (χ3v) is 5.56. The van der Waals surface area contributed by atoms with Gasteiger partial charge in [0, 0.05) is 25.4 Å². The standard InChI is InChI=1S/C13H21N3O2S/c1-2-3-11-5-8-16(9-6-11)19(17,18)12-4-7-15-13(14)10-12/h4,7,10-11H,2-3,5-6,8-9H2,1H3,(H2,14,15). The van der Waals surface area contributed by atoms with Gasteiger partial charge in [-0.25, -0.2) is 13.4 Å². The van der Waals surface area contributed by atoms with Crippen LogP contribution in [0.4, 0.5) is 5.82 Å². The van der Waals surface area contributed by atoms with Gasteiger partial charge in [-0.05, 0) is 24.8 Å². The molecule has 19 heavy (non-hydrogen) atoms.